The minimum Gasteiger partial charge on any atom is -0.321 e. The number of nitrogens with zero attached hydrogens (tertiary/aromatic N) is 1. The van der Waals surface area contributed by atoms with E-state index in [2.05, 4.69) is 29.5 Å². The highest BCUT2D eigenvalue weighted by Crippen LogP contribution is 2.18. The number of hydrogen-bond donors (Lipinski definition) is 2. The molecule has 0 aliphatic heterocycles. The van der Waals surface area contributed by atoms with Crippen LogP contribution in [0.3, 0.4) is 0 Å². The molecule has 1 aromatic heterocycles. The Labute approximate surface area is 167 Å². The van der Waals surface area contributed by atoms with Gasteiger partial charge in [-0.25, -0.2) is 4.98 Å². The first kappa shape index (κ1) is 21.4. The lowest BCUT2D eigenvalue weighted by molar-refractivity contribution is -0.128. The SMILES string of the molecule is Cc1ccnc(NC(=O)/C(=C\c2ccc(C(C)C)cc2)NC(=O)C(C)(C)C)c1. The number of carbonyl (C=O) groups excluding carboxylic acids is 2. The fourth-order valence-corrected chi connectivity index (χ4v) is 2.40. The van der Waals surface area contributed by atoms with E-state index in [-0.39, 0.29) is 11.6 Å². The summed E-state index contributed by atoms with van der Waals surface area (Å²) in [4.78, 5) is 29.5. The molecule has 28 heavy (non-hydrogen) atoms. The summed E-state index contributed by atoms with van der Waals surface area (Å²) in [6, 6.07) is 11.6. The van der Waals surface area contributed by atoms with Gasteiger partial charge in [0.2, 0.25) is 5.91 Å². The maximum absolute atomic E-state index is 12.8. The molecule has 5 nitrogen and oxygen atoms in total. The van der Waals surface area contributed by atoms with E-state index >= 15 is 0 Å². The van der Waals surface area contributed by atoms with Crippen molar-refractivity contribution in [1.82, 2.24) is 10.3 Å². The molecule has 0 aliphatic rings. The number of carbonyl (C=O) groups is 2. The normalized spacial score (nSPS) is 12.0. The summed E-state index contributed by atoms with van der Waals surface area (Å²) in [7, 11) is 0. The minimum absolute atomic E-state index is 0.181. The van der Waals surface area contributed by atoms with Crippen molar-refractivity contribution in [2.75, 3.05) is 5.32 Å². The molecule has 0 unspecified atom stereocenters. The van der Waals surface area contributed by atoms with Crippen molar-refractivity contribution in [3.05, 3.63) is 65.0 Å². The predicted molar refractivity (Wildman–Crippen MR) is 114 cm³/mol. The minimum atomic E-state index is -0.623. The van der Waals surface area contributed by atoms with Gasteiger partial charge < -0.3 is 10.6 Å². The summed E-state index contributed by atoms with van der Waals surface area (Å²) >= 11 is 0. The van der Waals surface area contributed by atoms with E-state index < -0.39 is 11.3 Å². The number of aromatic nitrogens is 1. The average Bonchev–Trinajstić information content (AvgIpc) is 2.60. The molecule has 0 saturated carbocycles. The van der Waals surface area contributed by atoms with Gasteiger partial charge in [0.15, 0.2) is 0 Å². The molecule has 0 spiro atoms. The van der Waals surface area contributed by atoms with Gasteiger partial charge in [0, 0.05) is 11.6 Å². The zero-order chi connectivity index (χ0) is 20.9. The quantitative estimate of drug-likeness (QED) is 0.743. The number of pyridine rings is 1. The van der Waals surface area contributed by atoms with Gasteiger partial charge in [0.25, 0.3) is 5.91 Å². The highest BCUT2D eigenvalue weighted by molar-refractivity contribution is 6.08. The molecule has 1 aromatic carbocycles. The number of aryl methyl sites for hydroxylation is 1. The number of amides is 2. The smallest absolute Gasteiger partial charge is 0.273 e. The van der Waals surface area contributed by atoms with Crippen molar-refractivity contribution in [3.63, 3.8) is 0 Å². The maximum Gasteiger partial charge on any atom is 0.273 e. The lowest BCUT2D eigenvalue weighted by Gasteiger charge is -2.19. The second-order valence-electron chi connectivity index (χ2n) is 8.26. The van der Waals surface area contributed by atoms with Crippen LogP contribution >= 0.6 is 0 Å². The zero-order valence-corrected chi connectivity index (χ0v) is 17.5. The third-order valence-corrected chi connectivity index (χ3v) is 4.25. The topological polar surface area (TPSA) is 71.1 Å². The van der Waals surface area contributed by atoms with Gasteiger partial charge in [-0.3, -0.25) is 9.59 Å². The Balaban J connectivity index is 2.32. The first-order valence-corrected chi connectivity index (χ1v) is 9.43. The number of nitrogens with one attached hydrogen (secondary N) is 2. The van der Waals surface area contributed by atoms with E-state index in [1.807, 2.05) is 37.3 Å². The Hall–Kier alpha value is -2.95. The lowest BCUT2D eigenvalue weighted by Crippen LogP contribution is -2.38. The Morgan fingerprint density at radius 1 is 1.07 bits per heavy atom. The van der Waals surface area contributed by atoms with Gasteiger partial charge in [-0.2, -0.15) is 0 Å². The van der Waals surface area contributed by atoms with Crippen molar-refractivity contribution in [2.24, 2.45) is 5.41 Å². The van der Waals surface area contributed by atoms with Crippen LogP contribution in [-0.4, -0.2) is 16.8 Å². The zero-order valence-electron chi connectivity index (χ0n) is 17.5. The summed E-state index contributed by atoms with van der Waals surface area (Å²) in [6.07, 6.45) is 3.31. The van der Waals surface area contributed by atoms with Crippen molar-refractivity contribution in [1.29, 1.82) is 0 Å². The van der Waals surface area contributed by atoms with Gasteiger partial charge in [-0.05, 0) is 47.7 Å². The van der Waals surface area contributed by atoms with E-state index in [1.54, 1.807) is 39.1 Å². The Kier molecular flexibility index (Phi) is 6.73. The molecule has 0 atom stereocenters. The number of rotatable bonds is 5. The number of benzene rings is 1. The molecule has 2 amide bonds. The molecular weight excluding hydrogens is 350 g/mol. The highest BCUT2D eigenvalue weighted by Gasteiger charge is 2.24. The average molecular weight is 380 g/mol. The van der Waals surface area contributed by atoms with Crippen LogP contribution in [0, 0.1) is 12.3 Å². The maximum atomic E-state index is 12.8. The molecule has 0 saturated heterocycles. The van der Waals surface area contributed by atoms with Crippen LogP contribution in [0.5, 0.6) is 0 Å². The summed E-state index contributed by atoms with van der Waals surface area (Å²) in [6.45, 7) is 11.6. The van der Waals surface area contributed by atoms with Crippen LogP contribution < -0.4 is 10.6 Å². The van der Waals surface area contributed by atoms with E-state index in [4.69, 9.17) is 0 Å². The van der Waals surface area contributed by atoms with E-state index in [1.165, 1.54) is 5.56 Å². The molecule has 0 bridgehead atoms. The van der Waals surface area contributed by atoms with Crippen LogP contribution in [0.4, 0.5) is 5.82 Å². The lowest BCUT2D eigenvalue weighted by atomic mass is 9.95. The molecule has 2 aromatic rings. The molecular formula is C23H29N3O2. The fourth-order valence-electron chi connectivity index (χ4n) is 2.40. The Morgan fingerprint density at radius 3 is 2.25 bits per heavy atom. The summed E-state index contributed by atoms with van der Waals surface area (Å²) < 4.78 is 0. The highest BCUT2D eigenvalue weighted by atomic mass is 16.2. The second kappa shape index (κ2) is 8.83. The van der Waals surface area contributed by atoms with Crippen molar-refractivity contribution >= 4 is 23.7 Å². The second-order valence-corrected chi connectivity index (χ2v) is 8.26. The summed E-state index contributed by atoms with van der Waals surface area (Å²) in [5.41, 5.74) is 2.59. The van der Waals surface area contributed by atoms with Gasteiger partial charge in [-0.1, -0.05) is 58.9 Å². The molecule has 0 radical (unpaired) electrons. The third kappa shape index (κ3) is 6.05. The summed E-state index contributed by atoms with van der Waals surface area (Å²) in [5, 5.41) is 5.52. The number of anilines is 1. The molecule has 148 valence electrons. The van der Waals surface area contributed by atoms with Gasteiger partial charge in [0.05, 0.1) is 0 Å². The predicted octanol–water partition coefficient (Wildman–Crippen LogP) is 4.66. The van der Waals surface area contributed by atoms with Gasteiger partial charge >= 0.3 is 0 Å². The Bertz CT molecular complexity index is 875. The van der Waals surface area contributed by atoms with E-state index in [0.29, 0.717) is 11.7 Å². The van der Waals surface area contributed by atoms with E-state index in [0.717, 1.165) is 11.1 Å². The van der Waals surface area contributed by atoms with Gasteiger partial charge in [-0.15, -0.1) is 0 Å². The van der Waals surface area contributed by atoms with Gasteiger partial charge in [0.1, 0.15) is 11.5 Å². The molecule has 5 heteroatoms. The molecule has 2 N–H and O–H groups in total. The van der Waals surface area contributed by atoms with Crippen molar-refractivity contribution < 1.29 is 9.59 Å². The third-order valence-electron chi connectivity index (χ3n) is 4.25. The monoisotopic (exact) mass is 379 g/mol. The van der Waals surface area contributed by atoms with Crippen LogP contribution in [0.1, 0.15) is 57.2 Å². The molecule has 2 rings (SSSR count). The number of hydrogen-bond acceptors (Lipinski definition) is 3. The van der Waals surface area contributed by atoms with Crippen molar-refractivity contribution in [3.8, 4) is 0 Å². The first-order valence-electron chi connectivity index (χ1n) is 9.43. The van der Waals surface area contributed by atoms with Crippen molar-refractivity contribution in [2.45, 2.75) is 47.5 Å². The van der Waals surface area contributed by atoms with Crippen LogP contribution in [0.15, 0.2) is 48.3 Å². The van der Waals surface area contributed by atoms with E-state index in [9.17, 15) is 9.59 Å². The molecule has 1 heterocycles. The largest absolute Gasteiger partial charge is 0.321 e. The first-order chi connectivity index (χ1) is 13.1. The fraction of sp³-hybridized carbons (Fsp3) is 0.348. The van der Waals surface area contributed by atoms with Crippen LogP contribution in [-0.2, 0) is 9.59 Å². The van der Waals surface area contributed by atoms with Crippen LogP contribution in [0.25, 0.3) is 6.08 Å². The summed E-state index contributed by atoms with van der Waals surface area (Å²) in [5.74, 6) is 0.221. The van der Waals surface area contributed by atoms with Crippen LogP contribution in [0.2, 0.25) is 0 Å². The molecule has 0 aliphatic carbocycles. The standard InChI is InChI=1S/C23H29N3O2/c1-15(2)18-9-7-17(8-10-18)14-19(25-22(28)23(4,5)6)21(27)26-20-13-16(3)11-12-24-20/h7-15H,1-6H3,(H,25,28)(H,24,26,27)/b19-14+. The molecule has 0 fully saturated rings. The Morgan fingerprint density at radius 2 is 1.71 bits per heavy atom.